The number of hydrogen-bond donors (Lipinski definition) is 0. The maximum absolute atomic E-state index is 10.7. The molecule has 0 atom stereocenters. The van der Waals surface area contributed by atoms with Gasteiger partial charge in [-0.1, -0.05) is 0 Å². The minimum Gasteiger partial charge on any atom is -0.229 e. The highest BCUT2D eigenvalue weighted by Gasteiger charge is 2.47. The van der Waals surface area contributed by atoms with Crippen molar-refractivity contribution in [3.63, 3.8) is 0 Å². The summed E-state index contributed by atoms with van der Waals surface area (Å²) in [6, 6.07) is 0. The van der Waals surface area contributed by atoms with Crippen molar-refractivity contribution in [2.24, 2.45) is 0 Å². The zero-order valence-electron chi connectivity index (χ0n) is 4.85. The molecule has 0 saturated heterocycles. The van der Waals surface area contributed by atoms with Crippen LogP contribution in [0.15, 0.2) is 0 Å². The highest BCUT2D eigenvalue weighted by atomic mass is 32.2. The molecule has 8 heavy (non-hydrogen) atoms. The third-order valence-electron chi connectivity index (χ3n) is 1.59. The van der Waals surface area contributed by atoms with Crippen LogP contribution >= 0.6 is 0 Å². The third-order valence-corrected chi connectivity index (χ3v) is 3.58. The van der Waals surface area contributed by atoms with E-state index in [0.717, 1.165) is 12.8 Å². The van der Waals surface area contributed by atoms with E-state index in [1.165, 1.54) is 6.26 Å². The lowest BCUT2D eigenvalue weighted by atomic mass is 10.5. The number of rotatable bonds is 1. The van der Waals surface area contributed by atoms with Crippen LogP contribution in [0.3, 0.4) is 0 Å². The molecule has 2 nitrogen and oxygen atoms in total. The van der Waals surface area contributed by atoms with Crippen LogP contribution in [-0.4, -0.2) is 19.4 Å². The van der Waals surface area contributed by atoms with E-state index in [9.17, 15) is 8.42 Å². The molecule has 0 amide bonds. The van der Waals surface area contributed by atoms with Crippen molar-refractivity contribution >= 4 is 9.84 Å². The normalized spacial score (nSPS) is 25.2. The van der Waals surface area contributed by atoms with Crippen LogP contribution in [-0.2, 0) is 9.84 Å². The van der Waals surface area contributed by atoms with Gasteiger partial charge in [-0.2, -0.15) is 0 Å². The van der Waals surface area contributed by atoms with Crippen molar-refractivity contribution in [2.45, 2.75) is 17.6 Å². The third kappa shape index (κ3) is 0.749. The van der Waals surface area contributed by atoms with E-state index < -0.39 is 14.6 Å². The van der Waals surface area contributed by atoms with Crippen molar-refractivity contribution in [3.05, 3.63) is 6.92 Å². The highest BCUT2D eigenvalue weighted by molar-refractivity contribution is 7.92. The predicted octanol–water partition coefficient (Wildman–Crippen LogP) is 0.398. The number of sulfone groups is 1. The molecule has 0 spiro atoms. The van der Waals surface area contributed by atoms with Crippen LogP contribution in [0.5, 0.6) is 0 Å². The first-order valence-corrected chi connectivity index (χ1v) is 4.40. The van der Waals surface area contributed by atoms with E-state index in [1.807, 2.05) is 0 Å². The Hall–Kier alpha value is -0.0500. The van der Waals surface area contributed by atoms with Gasteiger partial charge >= 0.3 is 0 Å². The van der Waals surface area contributed by atoms with E-state index in [-0.39, 0.29) is 0 Å². The molecule has 0 unspecified atom stereocenters. The van der Waals surface area contributed by atoms with E-state index in [4.69, 9.17) is 0 Å². The van der Waals surface area contributed by atoms with Gasteiger partial charge in [0.25, 0.3) is 0 Å². The first-order valence-electron chi connectivity index (χ1n) is 2.51. The van der Waals surface area contributed by atoms with Gasteiger partial charge in [0.15, 0.2) is 9.84 Å². The summed E-state index contributed by atoms with van der Waals surface area (Å²) in [5.41, 5.74) is 0. The Bertz CT molecular complexity index is 186. The SMILES string of the molecule is [CH2]C1(S(C)(=O)=O)CC1. The second kappa shape index (κ2) is 1.26. The summed E-state index contributed by atoms with van der Waals surface area (Å²) in [5, 5.41) is 0. The standard InChI is InChI=1S/C5H9O2S/c1-5(3-4-5)8(2,6)7/h1,3-4H2,2H3. The Balaban J connectivity index is 2.90. The van der Waals surface area contributed by atoms with Crippen LogP contribution < -0.4 is 0 Å². The van der Waals surface area contributed by atoms with Gasteiger partial charge in [0, 0.05) is 6.26 Å². The van der Waals surface area contributed by atoms with Crippen LogP contribution in [0.25, 0.3) is 0 Å². The summed E-state index contributed by atoms with van der Waals surface area (Å²) in [6.07, 6.45) is 2.73. The van der Waals surface area contributed by atoms with Gasteiger partial charge in [0.2, 0.25) is 0 Å². The minimum absolute atomic E-state index is 0.590. The second-order valence-electron chi connectivity index (χ2n) is 2.46. The molecule has 47 valence electrons. The summed E-state index contributed by atoms with van der Waals surface area (Å²) in [6.45, 7) is 3.56. The van der Waals surface area contributed by atoms with Gasteiger partial charge in [0.1, 0.15) is 0 Å². The molecule has 1 aliphatic carbocycles. The first-order chi connectivity index (χ1) is 3.46. The molecule has 0 aromatic carbocycles. The van der Waals surface area contributed by atoms with E-state index in [0.29, 0.717) is 0 Å². The predicted molar refractivity (Wildman–Crippen MR) is 32.2 cm³/mol. The Labute approximate surface area is 49.8 Å². The molecule has 0 heterocycles. The van der Waals surface area contributed by atoms with E-state index in [2.05, 4.69) is 6.92 Å². The molecule has 1 radical (unpaired) electrons. The molecule has 0 aliphatic heterocycles. The van der Waals surface area contributed by atoms with Gasteiger partial charge in [-0.3, -0.25) is 0 Å². The molecule has 0 N–H and O–H groups in total. The van der Waals surface area contributed by atoms with Gasteiger partial charge in [-0.25, -0.2) is 8.42 Å². The highest BCUT2D eigenvalue weighted by Crippen LogP contribution is 2.41. The second-order valence-corrected chi connectivity index (χ2v) is 4.87. The molecule has 1 rings (SSSR count). The monoisotopic (exact) mass is 133 g/mol. The molecule has 1 saturated carbocycles. The molecule has 0 aromatic rings. The maximum atomic E-state index is 10.7. The van der Waals surface area contributed by atoms with Crippen molar-refractivity contribution in [2.75, 3.05) is 6.26 Å². The Morgan fingerprint density at radius 2 is 1.88 bits per heavy atom. The quantitative estimate of drug-likeness (QED) is 0.518. The molecule has 0 bridgehead atoms. The average Bonchev–Trinajstić information content (AvgIpc) is 2.16. The first kappa shape index (κ1) is 6.08. The summed E-state index contributed by atoms with van der Waals surface area (Å²) < 4.78 is 20.7. The molecule has 1 fully saturated rings. The molecular formula is C5H9O2S. The fourth-order valence-corrected chi connectivity index (χ4v) is 1.35. The van der Waals surface area contributed by atoms with Gasteiger partial charge < -0.3 is 0 Å². The fourth-order valence-electron chi connectivity index (χ4n) is 0.510. The van der Waals surface area contributed by atoms with Crippen molar-refractivity contribution in [3.8, 4) is 0 Å². The van der Waals surface area contributed by atoms with Gasteiger partial charge in [-0.15, -0.1) is 0 Å². The summed E-state index contributed by atoms with van der Waals surface area (Å²) in [5.74, 6) is 0. The zero-order chi connectivity index (χ0) is 6.41. The average molecular weight is 133 g/mol. The lowest BCUT2D eigenvalue weighted by molar-refractivity contribution is 0.593. The molecule has 3 heteroatoms. The molecular weight excluding hydrogens is 124 g/mol. The lowest BCUT2D eigenvalue weighted by Gasteiger charge is -2.01. The van der Waals surface area contributed by atoms with Crippen LogP contribution in [0.2, 0.25) is 0 Å². The van der Waals surface area contributed by atoms with Crippen LogP contribution in [0.1, 0.15) is 12.8 Å². The Morgan fingerprint density at radius 3 is 1.88 bits per heavy atom. The van der Waals surface area contributed by atoms with Crippen molar-refractivity contribution in [1.82, 2.24) is 0 Å². The number of hydrogen-bond acceptors (Lipinski definition) is 2. The zero-order valence-corrected chi connectivity index (χ0v) is 5.66. The fraction of sp³-hybridized carbons (Fsp3) is 0.800. The van der Waals surface area contributed by atoms with Crippen molar-refractivity contribution < 1.29 is 8.42 Å². The van der Waals surface area contributed by atoms with E-state index >= 15 is 0 Å². The Kier molecular flexibility index (Phi) is 0.960. The maximum Gasteiger partial charge on any atom is 0.153 e. The summed E-state index contributed by atoms with van der Waals surface area (Å²) in [4.78, 5) is 0. The van der Waals surface area contributed by atoms with Crippen LogP contribution in [0.4, 0.5) is 0 Å². The smallest absolute Gasteiger partial charge is 0.153 e. The topological polar surface area (TPSA) is 34.1 Å². The van der Waals surface area contributed by atoms with E-state index in [1.54, 1.807) is 0 Å². The van der Waals surface area contributed by atoms with Crippen molar-refractivity contribution in [1.29, 1.82) is 0 Å². The molecule has 1 aliphatic rings. The lowest BCUT2D eigenvalue weighted by Crippen LogP contribution is -2.16. The largest absolute Gasteiger partial charge is 0.229 e. The Morgan fingerprint density at radius 1 is 1.50 bits per heavy atom. The summed E-state index contributed by atoms with van der Waals surface area (Å²) >= 11 is 0. The van der Waals surface area contributed by atoms with Gasteiger partial charge in [0.05, 0.1) is 4.75 Å². The molecule has 0 aromatic heterocycles. The van der Waals surface area contributed by atoms with Crippen LogP contribution in [0, 0.1) is 6.92 Å². The minimum atomic E-state index is -2.84. The summed E-state index contributed by atoms with van der Waals surface area (Å²) in [7, 11) is -2.84. The van der Waals surface area contributed by atoms with Gasteiger partial charge in [-0.05, 0) is 19.8 Å².